The zero-order valence-electron chi connectivity index (χ0n) is 11.6. The molecule has 1 unspecified atom stereocenters. The number of amides is 1. The van der Waals surface area contributed by atoms with Crippen molar-refractivity contribution < 1.29 is 21.3 Å². The molecule has 0 aliphatic carbocycles. The molecule has 0 bridgehead atoms. The Bertz CT molecular complexity index is 748. The van der Waals surface area contributed by atoms with Crippen LogP contribution in [0, 0.1) is 0 Å². The summed E-state index contributed by atoms with van der Waals surface area (Å²) < 4.78 is 37.1. The first-order valence-corrected chi connectivity index (χ1v) is 7.61. The molecular formula is C14H13FN2O4S. The van der Waals surface area contributed by atoms with Crippen molar-refractivity contribution in [3.63, 3.8) is 0 Å². The number of nitrogens with one attached hydrogen (secondary N) is 1. The number of anilines is 1. The van der Waals surface area contributed by atoms with Crippen molar-refractivity contribution in [2.75, 3.05) is 5.32 Å². The van der Waals surface area contributed by atoms with Gasteiger partial charge in [-0.3, -0.25) is 9.78 Å². The van der Waals surface area contributed by atoms with E-state index in [1.165, 1.54) is 24.3 Å². The summed E-state index contributed by atoms with van der Waals surface area (Å²) in [4.78, 5) is 16.1. The summed E-state index contributed by atoms with van der Waals surface area (Å²) >= 11 is 0. The van der Waals surface area contributed by atoms with Crippen molar-refractivity contribution in [3.8, 4) is 5.75 Å². The maximum Gasteiger partial charge on any atom is 0.488 e. The molecule has 6 nitrogen and oxygen atoms in total. The van der Waals surface area contributed by atoms with Crippen LogP contribution in [0.1, 0.15) is 18.4 Å². The molecule has 1 atom stereocenters. The first-order valence-electron chi connectivity index (χ1n) is 6.30. The van der Waals surface area contributed by atoms with Crippen LogP contribution in [0.5, 0.6) is 5.75 Å². The van der Waals surface area contributed by atoms with E-state index in [9.17, 15) is 17.1 Å². The monoisotopic (exact) mass is 324 g/mol. The molecule has 1 aromatic heterocycles. The molecule has 1 N–H and O–H groups in total. The fourth-order valence-corrected chi connectivity index (χ4v) is 2.08. The molecule has 0 fully saturated rings. The lowest BCUT2D eigenvalue weighted by Gasteiger charge is -2.12. The highest BCUT2D eigenvalue weighted by Crippen LogP contribution is 2.20. The van der Waals surface area contributed by atoms with E-state index in [2.05, 4.69) is 14.5 Å². The van der Waals surface area contributed by atoms with Crippen molar-refractivity contribution >= 4 is 22.1 Å². The summed E-state index contributed by atoms with van der Waals surface area (Å²) in [5.74, 6) is -0.837. The standard InChI is InChI=1S/C14H13FN2O4S/c1-10(11-3-2-8-16-9-11)14(18)17-12-4-6-13(7-5-12)21-22(15,19)20/h2-10H,1H3,(H,17,18). The summed E-state index contributed by atoms with van der Waals surface area (Å²) in [7, 11) is -5.06. The van der Waals surface area contributed by atoms with Crippen molar-refractivity contribution in [1.29, 1.82) is 0 Å². The highest BCUT2D eigenvalue weighted by Gasteiger charge is 2.15. The highest BCUT2D eigenvalue weighted by atomic mass is 32.3. The molecule has 1 heterocycles. The van der Waals surface area contributed by atoms with E-state index in [0.29, 0.717) is 5.69 Å². The van der Waals surface area contributed by atoms with Gasteiger partial charge >= 0.3 is 10.5 Å². The molecule has 22 heavy (non-hydrogen) atoms. The Hall–Kier alpha value is -2.48. The third-order valence-electron chi connectivity index (χ3n) is 2.90. The number of pyridine rings is 1. The number of hydrogen-bond donors (Lipinski definition) is 1. The predicted molar refractivity (Wildman–Crippen MR) is 78.4 cm³/mol. The van der Waals surface area contributed by atoms with Gasteiger partial charge in [-0.05, 0) is 42.8 Å². The van der Waals surface area contributed by atoms with Gasteiger partial charge in [0.15, 0.2) is 0 Å². The second-order valence-electron chi connectivity index (χ2n) is 4.50. The van der Waals surface area contributed by atoms with Crippen LogP contribution in [0.15, 0.2) is 48.8 Å². The second-order valence-corrected chi connectivity index (χ2v) is 5.45. The summed E-state index contributed by atoms with van der Waals surface area (Å²) in [6.45, 7) is 1.74. The average molecular weight is 324 g/mol. The zero-order valence-corrected chi connectivity index (χ0v) is 12.4. The van der Waals surface area contributed by atoms with E-state index in [4.69, 9.17) is 0 Å². The molecule has 8 heteroatoms. The minimum atomic E-state index is -5.06. The Kier molecular flexibility index (Phi) is 4.71. The van der Waals surface area contributed by atoms with Gasteiger partial charge in [0.25, 0.3) is 0 Å². The number of hydrogen-bond acceptors (Lipinski definition) is 5. The Morgan fingerprint density at radius 2 is 1.95 bits per heavy atom. The third kappa shape index (κ3) is 4.52. The van der Waals surface area contributed by atoms with Crippen molar-refractivity contribution in [1.82, 2.24) is 4.98 Å². The number of aromatic nitrogens is 1. The summed E-state index contributed by atoms with van der Waals surface area (Å²) in [6, 6.07) is 8.83. The summed E-state index contributed by atoms with van der Waals surface area (Å²) in [5.41, 5.74) is 1.20. The van der Waals surface area contributed by atoms with E-state index >= 15 is 0 Å². The molecular weight excluding hydrogens is 311 g/mol. The molecule has 0 saturated carbocycles. The second kappa shape index (κ2) is 6.52. The SMILES string of the molecule is CC(C(=O)Nc1ccc(OS(=O)(=O)F)cc1)c1cccnc1. The molecule has 116 valence electrons. The maximum atomic E-state index is 12.4. The summed E-state index contributed by atoms with van der Waals surface area (Å²) in [5, 5.41) is 2.66. The van der Waals surface area contributed by atoms with Gasteiger partial charge in [-0.25, -0.2) is 0 Å². The van der Waals surface area contributed by atoms with E-state index in [-0.39, 0.29) is 11.7 Å². The summed E-state index contributed by atoms with van der Waals surface area (Å²) in [6.07, 6.45) is 3.22. The quantitative estimate of drug-likeness (QED) is 0.854. The number of rotatable bonds is 5. The maximum absolute atomic E-state index is 12.4. The Morgan fingerprint density at radius 1 is 1.27 bits per heavy atom. The first-order chi connectivity index (χ1) is 10.3. The molecule has 0 radical (unpaired) electrons. The third-order valence-corrected chi connectivity index (χ3v) is 3.29. The van der Waals surface area contributed by atoms with E-state index in [1.54, 1.807) is 31.5 Å². The molecule has 0 saturated heterocycles. The lowest BCUT2D eigenvalue weighted by molar-refractivity contribution is -0.117. The average Bonchev–Trinajstić information content (AvgIpc) is 2.48. The van der Waals surface area contributed by atoms with Crippen molar-refractivity contribution in [3.05, 3.63) is 54.4 Å². The highest BCUT2D eigenvalue weighted by molar-refractivity contribution is 7.81. The van der Waals surface area contributed by atoms with Gasteiger partial charge in [0.05, 0.1) is 5.92 Å². The van der Waals surface area contributed by atoms with E-state index in [1.807, 2.05) is 0 Å². The van der Waals surface area contributed by atoms with Crippen LogP contribution in [0.4, 0.5) is 9.57 Å². The van der Waals surface area contributed by atoms with Crippen LogP contribution in [-0.2, 0) is 15.3 Å². The van der Waals surface area contributed by atoms with Gasteiger partial charge < -0.3 is 9.50 Å². The number of carbonyl (C=O) groups is 1. The lowest BCUT2D eigenvalue weighted by atomic mass is 10.0. The number of nitrogens with zero attached hydrogens (tertiary/aromatic N) is 1. The minimum absolute atomic E-state index is 0.180. The van der Waals surface area contributed by atoms with Gasteiger partial charge in [0.2, 0.25) is 5.91 Å². The predicted octanol–water partition coefficient (Wildman–Crippen LogP) is 2.42. The molecule has 1 amide bonds. The minimum Gasteiger partial charge on any atom is -0.358 e. The van der Waals surface area contributed by atoms with E-state index < -0.39 is 16.4 Å². The van der Waals surface area contributed by atoms with Crippen LogP contribution in [-0.4, -0.2) is 19.3 Å². The lowest BCUT2D eigenvalue weighted by Crippen LogP contribution is -2.18. The van der Waals surface area contributed by atoms with Crippen LogP contribution >= 0.6 is 0 Å². The van der Waals surface area contributed by atoms with Crippen molar-refractivity contribution in [2.24, 2.45) is 0 Å². The first kappa shape index (κ1) is 15.9. The van der Waals surface area contributed by atoms with Crippen LogP contribution in [0.25, 0.3) is 0 Å². The number of halogens is 1. The largest absolute Gasteiger partial charge is 0.488 e. The van der Waals surface area contributed by atoms with Gasteiger partial charge in [-0.15, -0.1) is 0 Å². The molecule has 0 spiro atoms. The van der Waals surface area contributed by atoms with E-state index in [0.717, 1.165) is 5.56 Å². The van der Waals surface area contributed by atoms with Crippen LogP contribution in [0.2, 0.25) is 0 Å². The fraction of sp³-hybridized carbons (Fsp3) is 0.143. The van der Waals surface area contributed by atoms with Gasteiger partial charge in [0, 0.05) is 18.1 Å². The molecule has 1 aromatic carbocycles. The van der Waals surface area contributed by atoms with Crippen LogP contribution in [0.3, 0.4) is 0 Å². The normalized spacial score (nSPS) is 12.5. The zero-order chi connectivity index (χ0) is 16.2. The van der Waals surface area contributed by atoms with Gasteiger partial charge in [0.1, 0.15) is 5.75 Å². The number of carbonyl (C=O) groups excluding carboxylic acids is 1. The smallest absolute Gasteiger partial charge is 0.358 e. The topological polar surface area (TPSA) is 85.4 Å². The molecule has 0 aliphatic heterocycles. The Morgan fingerprint density at radius 3 is 2.50 bits per heavy atom. The van der Waals surface area contributed by atoms with Gasteiger partial charge in [-0.2, -0.15) is 8.42 Å². The Labute approximate surface area is 127 Å². The Balaban J connectivity index is 2.03. The molecule has 2 rings (SSSR count). The van der Waals surface area contributed by atoms with Crippen molar-refractivity contribution in [2.45, 2.75) is 12.8 Å². The molecule has 2 aromatic rings. The van der Waals surface area contributed by atoms with Crippen LogP contribution < -0.4 is 9.50 Å². The molecule has 0 aliphatic rings. The number of benzene rings is 1. The fourth-order valence-electron chi connectivity index (χ4n) is 1.74. The van der Waals surface area contributed by atoms with Gasteiger partial charge in [-0.1, -0.05) is 9.95 Å².